The Morgan fingerprint density at radius 3 is 2.94 bits per heavy atom. The molecule has 3 heteroatoms. The second-order valence-electron chi connectivity index (χ2n) is 4.69. The number of pyridine rings is 1. The molecule has 1 aliphatic carbocycles. The van der Waals surface area contributed by atoms with Gasteiger partial charge in [-0.25, -0.2) is 0 Å². The second kappa shape index (κ2) is 4.63. The molecule has 0 amide bonds. The van der Waals surface area contributed by atoms with E-state index in [4.69, 9.17) is 5.26 Å². The van der Waals surface area contributed by atoms with Gasteiger partial charge in [-0.1, -0.05) is 6.07 Å². The molecule has 1 atom stereocenters. The van der Waals surface area contributed by atoms with E-state index in [1.165, 1.54) is 12.8 Å². The smallest absolute Gasteiger partial charge is 0.0628 e. The van der Waals surface area contributed by atoms with Crippen LogP contribution >= 0.6 is 0 Å². The van der Waals surface area contributed by atoms with E-state index in [-0.39, 0.29) is 11.5 Å². The normalized spacial score (nSPS) is 18.8. The predicted molar refractivity (Wildman–Crippen MR) is 62.6 cm³/mol. The summed E-state index contributed by atoms with van der Waals surface area (Å²) in [7, 11) is 0. The van der Waals surface area contributed by atoms with Crippen molar-refractivity contribution in [3.05, 3.63) is 30.1 Å². The Balaban J connectivity index is 1.85. The van der Waals surface area contributed by atoms with Crippen LogP contribution in [0, 0.1) is 16.7 Å². The first kappa shape index (κ1) is 11.1. The van der Waals surface area contributed by atoms with Gasteiger partial charge < -0.3 is 5.32 Å². The van der Waals surface area contributed by atoms with Crippen LogP contribution in [0.3, 0.4) is 0 Å². The van der Waals surface area contributed by atoms with Crippen LogP contribution in [0.1, 0.15) is 37.9 Å². The van der Waals surface area contributed by atoms with Gasteiger partial charge in [-0.3, -0.25) is 4.98 Å². The lowest BCUT2D eigenvalue weighted by molar-refractivity contribution is 0.429. The summed E-state index contributed by atoms with van der Waals surface area (Å²) in [6.07, 6.45) is 4.86. The van der Waals surface area contributed by atoms with Crippen LogP contribution in [0.15, 0.2) is 24.4 Å². The Hall–Kier alpha value is -1.40. The van der Waals surface area contributed by atoms with Gasteiger partial charge in [0.05, 0.1) is 11.8 Å². The van der Waals surface area contributed by atoms with Crippen molar-refractivity contribution in [1.29, 1.82) is 5.26 Å². The zero-order chi connectivity index (χ0) is 11.4. The third-order valence-electron chi connectivity index (χ3n) is 3.33. The van der Waals surface area contributed by atoms with E-state index < -0.39 is 0 Å². The molecule has 0 radical (unpaired) electrons. The van der Waals surface area contributed by atoms with Gasteiger partial charge >= 0.3 is 0 Å². The SMILES string of the molecule is CC(NCC1(CC#N)CC1)c1ccccn1. The average molecular weight is 215 g/mol. The van der Waals surface area contributed by atoms with Crippen molar-refractivity contribution in [2.75, 3.05) is 6.54 Å². The van der Waals surface area contributed by atoms with E-state index in [1.807, 2.05) is 24.4 Å². The summed E-state index contributed by atoms with van der Waals surface area (Å²) in [6.45, 7) is 3.04. The fourth-order valence-corrected chi connectivity index (χ4v) is 1.87. The number of nitrogens with one attached hydrogen (secondary N) is 1. The summed E-state index contributed by atoms with van der Waals surface area (Å²) >= 11 is 0. The van der Waals surface area contributed by atoms with Gasteiger partial charge in [0.2, 0.25) is 0 Å². The molecule has 16 heavy (non-hydrogen) atoms. The van der Waals surface area contributed by atoms with Crippen molar-refractivity contribution in [3.8, 4) is 6.07 Å². The first-order valence-electron chi connectivity index (χ1n) is 5.77. The summed E-state index contributed by atoms with van der Waals surface area (Å²) in [5.74, 6) is 0. The van der Waals surface area contributed by atoms with Gasteiger partial charge in [0.15, 0.2) is 0 Å². The van der Waals surface area contributed by atoms with Gasteiger partial charge in [-0.2, -0.15) is 5.26 Å². The Labute approximate surface area is 96.5 Å². The summed E-state index contributed by atoms with van der Waals surface area (Å²) in [5, 5.41) is 12.2. The molecule has 3 nitrogen and oxygen atoms in total. The molecule has 1 heterocycles. The number of aromatic nitrogens is 1. The standard InChI is InChI=1S/C13H17N3/c1-11(12-4-2-3-9-15-12)16-10-13(5-6-13)7-8-14/h2-4,9,11,16H,5-7,10H2,1H3. The molecule has 0 aliphatic heterocycles. The van der Waals surface area contributed by atoms with Crippen molar-refractivity contribution >= 4 is 0 Å². The molecule has 1 fully saturated rings. The molecule has 0 saturated heterocycles. The molecule has 0 aromatic carbocycles. The highest BCUT2D eigenvalue weighted by molar-refractivity contribution is 5.08. The van der Waals surface area contributed by atoms with Gasteiger partial charge in [0.25, 0.3) is 0 Å². The number of nitrogens with zero attached hydrogens (tertiary/aromatic N) is 2. The van der Waals surface area contributed by atoms with Crippen LogP contribution in [0.2, 0.25) is 0 Å². The van der Waals surface area contributed by atoms with E-state index in [0.717, 1.165) is 12.2 Å². The van der Waals surface area contributed by atoms with E-state index in [9.17, 15) is 0 Å². The molecule has 0 bridgehead atoms. The first-order valence-corrected chi connectivity index (χ1v) is 5.77. The van der Waals surface area contributed by atoms with Gasteiger partial charge in [-0.15, -0.1) is 0 Å². The Bertz CT molecular complexity index is 376. The molecular formula is C13H17N3. The summed E-state index contributed by atoms with van der Waals surface area (Å²) in [4.78, 5) is 4.32. The molecule has 1 aromatic rings. The van der Waals surface area contributed by atoms with Crippen LogP contribution in [0.25, 0.3) is 0 Å². The Morgan fingerprint density at radius 2 is 2.38 bits per heavy atom. The molecule has 1 saturated carbocycles. The quantitative estimate of drug-likeness (QED) is 0.820. The highest BCUT2D eigenvalue weighted by Crippen LogP contribution is 2.48. The minimum atomic E-state index is 0.261. The van der Waals surface area contributed by atoms with Crippen LogP contribution in [0.5, 0.6) is 0 Å². The van der Waals surface area contributed by atoms with Crippen molar-refractivity contribution in [1.82, 2.24) is 10.3 Å². The monoisotopic (exact) mass is 215 g/mol. The summed E-state index contributed by atoms with van der Waals surface area (Å²) in [6, 6.07) is 8.50. The number of rotatable bonds is 5. The van der Waals surface area contributed by atoms with Crippen molar-refractivity contribution in [2.45, 2.75) is 32.2 Å². The minimum absolute atomic E-state index is 0.261. The molecule has 2 rings (SSSR count). The zero-order valence-electron chi connectivity index (χ0n) is 9.61. The molecule has 1 aromatic heterocycles. The predicted octanol–water partition coefficient (Wildman–Crippen LogP) is 2.43. The van der Waals surface area contributed by atoms with E-state index in [2.05, 4.69) is 23.3 Å². The lowest BCUT2D eigenvalue weighted by Crippen LogP contribution is -2.27. The van der Waals surface area contributed by atoms with Crippen molar-refractivity contribution in [2.24, 2.45) is 5.41 Å². The Kier molecular flexibility index (Phi) is 3.21. The maximum absolute atomic E-state index is 8.73. The highest BCUT2D eigenvalue weighted by Gasteiger charge is 2.42. The van der Waals surface area contributed by atoms with Crippen LogP contribution in [-0.2, 0) is 0 Å². The lowest BCUT2D eigenvalue weighted by atomic mass is 10.0. The number of hydrogen-bond acceptors (Lipinski definition) is 3. The van der Waals surface area contributed by atoms with Crippen LogP contribution < -0.4 is 5.32 Å². The third kappa shape index (κ3) is 2.59. The number of nitriles is 1. The van der Waals surface area contributed by atoms with Crippen molar-refractivity contribution in [3.63, 3.8) is 0 Å². The largest absolute Gasteiger partial charge is 0.308 e. The molecule has 1 aliphatic rings. The van der Waals surface area contributed by atoms with Crippen LogP contribution in [-0.4, -0.2) is 11.5 Å². The Morgan fingerprint density at radius 1 is 1.56 bits per heavy atom. The maximum Gasteiger partial charge on any atom is 0.0628 e. The molecule has 84 valence electrons. The second-order valence-corrected chi connectivity index (χ2v) is 4.69. The highest BCUT2D eigenvalue weighted by atomic mass is 15.0. The molecular weight excluding hydrogens is 198 g/mol. The van der Waals surface area contributed by atoms with E-state index >= 15 is 0 Å². The minimum Gasteiger partial charge on any atom is -0.308 e. The van der Waals surface area contributed by atoms with Gasteiger partial charge in [0.1, 0.15) is 0 Å². The summed E-state index contributed by atoms with van der Waals surface area (Å²) < 4.78 is 0. The van der Waals surface area contributed by atoms with Gasteiger partial charge in [-0.05, 0) is 37.3 Å². The fourth-order valence-electron chi connectivity index (χ4n) is 1.87. The maximum atomic E-state index is 8.73. The zero-order valence-corrected chi connectivity index (χ0v) is 9.61. The topological polar surface area (TPSA) is 48.7 Å². The summed E-state index contributed by atoms with van der Waals surface area (Å²) in [5.41, 5.74) is 1.33. The van der Waals surface area contributed by atoms with E-state index in [0.29, 0.717) is 6.42 Å². The third-order valence-corrected chi connectivity index (χ3v) is 3.33. The number of hydrogen-bond donors (Lipinski definition) is 1. The van der Waals surface area contributed by atoms with Gasteiger partial charge in [0, 0.05) is 25.2 Å². The first-order chi connectivity index (χ1) is 7.76. The van der Waals surface area contributed by atoms with E-state index in [1.54, 1.807) is 0 Å². The fraction of sp³-hybridized carbons (Fsp3) is 0.538. The average Bonchev–Trinajstić information content (AvgIpc) is 3.08. The van der Waals surface area contributed by atoms with Crippen LogP contribution in [0.4, 0.5) is 0 Å². The molecule has 1 unspecified atom stereocenters. The molecule has 0 spiro atoms. The lowest BCUT2D eigenvalue weighted by Gasteiger charge is -2.17. The van der Waals surface area contributed by atoms with Crippen molar-refractivity contribution < 1.29 is 0 Å². The molecule has 1 N–H and O–H groups in total.